The van der Waals surface area contributed by atoms with Gasteiger partial charge in [-0.05, 0) is 42.8 Å². The van der Waals surface area contributed by atoms with E-state index >= 15 is 0 Å². The highest BCUT2D eigenvalue weighted by molar-refractivity contribution is 6.42. The highest BCUT2D eigenvalue weighted by atomic mass is 35.5. The summed E-state index contributed by atoms with van der Waals surface area (Å²) in [7, 11) is 0. The molecule has 2 N–H and O–H groups in total. The third-order valence-electron chi connectivity index (χ3n) is 3.44. The molecular weight excluding hydrogens is 367 g/mol. The van der Waals surface area contributed by atoms with Gasteiger partial charge >= 0.3 is 0 Å². The normalized spacial score (nSPS) is 12.0. The van der Waals surface area contributed by atoms with Gasteiger partial charge in [0.1, 0.15) is 18.5 Å². The van der Waals surface area contributed by atoms with Gasteiger partial charge in [-0.1, -0.05) is 29.3 Å². The number of ether oxygens (including phenoxy) is 1. The summed E-state index contributed by atoms with van der Waals surface area (Å²) in [6.45, 7) is 1.14. The maximum Gasteiger partial charge on any atom is 0.269 e. The monoisotopic (exact) mass is 384 g/mol. The van der Waals surface area contributed by atoms with E-state index in [1.54, 1.807) is 6.07 Å². The van der Waals surface area contributed by atoms with E-state index in [-0.39, 0.29) is 12.3 Å². The molecule has 0 aromatic heterocycles. The standard InChI is InChI=1S/C17H18Cl2N2O4/c18-16-6-1-12(9-17(16)19)7-8-20-10-14(22)11-25-15-4-2-13(3-5-15)21(23)24/h1-6,9,14,20,22H,7-8,10-11H2/t14-/m1/s1. The quantitative estimate of drug-likeness (QED) is 0.392. The molecule has 2 rings (SSSR count). The van der Waals surface area contributed by atoms with Crippen LogP contribution in [-0.2, 0) is 6.42 Å². The van der Waals surface area contributed by atoms with Gasteiger partial charge in [-0.15, -0.1) is 0 Å². The van der Waals surface area contributed by atoms with Crippen LogP contribution in [-0.4, -0.2) is 35.8 Å². The van der Waals surface area contributed by atoms with E-state index in [2.05, 4.69) is 5.32 Å². The number of halogens is 2. The third kappa shape index (κ3) is 6.51. The molecule has 0 aliphatic heterocycles. The molecule has 0 heterocycles. The number of rotatable bonds is 9. The number of hydrogen-bond donors (Lipinski definition) is 2. The molecule has 0 amide bonds. The van der Waals surface area contributed by atoms with Crippen molar-refractivity contribution in [3.05, 3.63) is 68.2 Å². The van der Waals surface area contributed by atoms with Crippen LogP contribution in [0.15, 0.2) is 42.5 Å². The molecule has 2 aromatic rings. The summed E-state index contributed by atoms with van der Waals surface area (Å²) >= 11 is 11.8. The molecule has 25 heavy (non-hydrogen) atoms. The first-order valence-corrected chi connectivity index (χ1v) is 8.41. The molecular formula is C17H18Cl2N2O4. The van der Waals surface area contributed by atoms with Gasteiger partial charge in [0.05, 0.1) is 15.0 Å². The highest BCUT2D eigenvalue weighted by Crippen LogP contribution is 2.22. The predicted molar refractivity (Wildman–Crippen MR) is 97.6 cm³/mol. The van der Waals surface area contributed by atoms with Crippen molar-refractivity contribution >= 4 is 28.9 Å². The lowest BCUT2D eigenvalue weighted by atomic mass is 10.1. The Labute approximate surface area is 155 Å². The van der Waals surface area contributed by atoms with Crippen LogP contribution in [0.4, 0.5) is 5.69 Å². The highest BCUT2D eigenvalue weighted by Gasteiger charge is 2.08. The lowest BCUT2D eigenvalue weighted by molar-refractivity contribution is -0.384. The number of nitrogens with one attached hydrogen (secondary N) is 1. The Morgan fingerprint density at radius 1 is 1.16 bits per heavy atom. The molecule has 0 saturated heterocycles. The number of non-ortho nitro benzene ring substituents is 1. The maximum atomic E-state index is 10.6. The van der Waals surface area contributed by atoms with Crippen molar-refractivity contribution in [2.45, 2.75) is 12.5 Å². The van der Waals surface area contributed by atoms with Crippen molar-refractivity contribution < 1.29 is 14.8 Å². The van der Waals surface area contributed by atoms with Crippen LogP contribution in [0, 0.1) is 10.1 Å². The average Bonchev–Trinajstić information content (AvgIpc) is 2.60. The van der Waals surface area contributed by atoms with Crippen LogP contribution in [0.3, 0.4) is 0 Å². The summed E-state index contributed by atoms with van der Waals surface area (Å²) in [5, 5.41) is 24.6. The molecule has 6 nitrogen and oxygen atoms in total. The Morgan fingerprint density at radius 3 is 2.52 bits per heavy atom. The Morgan fingerprint density at radius 2 is 1.88 bits per heavy atom. The van der Waals surface area contributed by atoms with Crippen molar-refractivity contribution in [1.82, 2.24) is 5.32 Å². The predicted octanol–water partition coefficient (Wildman–Crippen LogP) is 3.47. The van der Waals surface area contributed by atoms with E-state index in [0.29, 0.717) is 28.9 Å². The molecule has 0 radical (unpaired) electrons. The largest absolute Gasteiger partial charge is 0.491 e. The molecule has 0 fully saturated rings. The van der Waals surface area contributed by atoms with E-state index in [0.717, 1.165) is 12.0 Å². The number of benzene rings is 2. The van der Waals surface area contributed by atoms with Gasteiger partial charge in [-0.2, -0.15) is 0 Å². The Kier molecular flexibility index (Phi) is 7.46. The zero-order valence-electron chi connectivity index (χ0n) is 13.3. The van der Waals surface area contributed by atoms with Crippen LogP contribution in [0.25, 0.3) is 0 Å². The number of nitro benzene ring substituents is 1. The fraction of sp³-hybridized carbons (Fsp3) is 0.294. The van der Waals surface area contributed by atoms with Gasteiger partial charge in [0.25, 0.3) is 5.69 Å². The van der Waals surface area contributed by atoms with Crippen molar-refractivity contribution in [2.75, 3.05) is 19.7 Å². The Balaban J connectivity index is 1.65. The summed E-state index contributed by atoms with van der Waals surface area (Å²) in [6.07, 6.45) is 0.0660. The van der Waals surface area contributed by atoms with Crippen molar-refractivity contribution in [3.8, 4) is 5.75 Å². The van der Waals surface area contributed by atoms with Gasteiger partial charge in [0.15, 0.2) is 0 Å². The molecule has 0 unspecified atom stereocenters. The van der Waals surface area contributed by atoms with Gasteiger partial charge in [-0.25, -0.2) is 0 Å². The average molecular weight is 385 g/mol. The van der Waals surface area contributed by atoms with Crippen molar-refractivity contribution in [3.63, 3.8) is 0 Å². The molecule has 0 spiro atoms. The molecule has 1 atom stereocenters. The van der Waals surface area contributed by atoms with Gasteiger partial charge in [0.2, 0.25) is 0 Å². The van der Waals surface area contributed by atoms with E-state index < -0.39 is 11.0 Å². The fourth-order valence-electron chi connectivity index (χ4n) is 2.11. The number of nitro groups is 1. The summed E-state index contributed by atoms with van der Waals surface area (Å²) in [6, 6.07) is 11.2. The first-order valence-electron chi connectivity index (χ1n) is 7.65. The summed E-state index contributed by atoms with van der Waals surface area (Å²) < 4.78 is 5.40. The number of nitrogens with zero attached hydrogens (tertiary/aromatic N) is 1. The van der Waals surface area contributed by atoms with E-state index in [9.17, 15) is 15.2 Å². The lowest BCUT2D eigenvalue weighted by Gasteiger charge is -2.13. The first kappa shape index (κ1) is 19.5. The van der Waals surface area contributed by atoms with Gasteiger partial charge in [0, 0.05) is 18.7 Å². The van der Waals surface area contributed by atoms with E-state index in [4.69, 9.17) is 27.9 Å². The second kappa shape index (κ2) is 9.58. The molecule has 0 bridgehead atoms. The minimum atomic E-state index is -0.691. The summed E-state index contributed by atoms with van der Waals surface area (Å²) in [5.41, 5.74) is 1.05. The Hall–Kier alpha value is -1.86. The van der Waals surface area contributed by atoms with E-state index in [1.165, 1.54) is 24.3 Å². The number of aliphatic hydroxyl groups excluding tert-OH is 1. The molecule has 0 saturated carbocycles. The number of aliphatic hydroxyl groups is 1. The smallest absolute Gasteiger partial charge is 0.269 e. The molecule has 0 aliphatic carbocycles. The van der Waals surface area contributed by atoms with Crippen LogP contribution in [0.1, 0.15) is 5.56 Å². The van der Waals surface area contributed by atoms with E-state index in [1.807, 2.05) is 12.1 Å². The van der Waals surface area contributed by atoms with Gasteiger partial charge < -0.3 is 15.2 Å². The third-order valence-corrected chi connectivity index (χ3v) is 4.18. The van der Waals surface area contributed by atoms with Crippen LogP contribution in [0.2, 0.25) is 10.0 Å². The molecule has 0 aliphatic rings. The van der Waals surface area contributed by atoms with Gasteiger partial charge in [-0.3, -0.25) is 10.1 Å². The summed E-state index contributed by atoms with van der Waals surface area (Å²) in [5.74, 6) is 0.473. The zero-order chi connectivity index (χ0) is 18.2. The first-order chi connectivity index (χ1) is 12.0. The topological polar surface area (TPSA) is 84.6 Å². The second-order valence-corrected chi connectivity index (χ2v) is 6.23. The lowest BCUT2D eigenvalue weighted by Crippen LogP contribution is -2.32. The second-order valence-electron chi connectivity index (χ2n) is 5.42. The van der Waals surface area contributed by atoms with Crippen LogP contribution < -0.4 is 10.1 Å². The Bertz CT molecular complexity index is 710. The molecule has 134 valence electrons. The molecule has 2 aromatic carbocycles. The number of hydrogen-bond acceptors (Lipinski definition) is 5. The SMILES string of the molecule is O=[N+]([O-])c1ccc(OC[C@H](O)CNCCc2ccc(Cl)c(Cl)c2)cc1. The minimum Gasteiger partial charge on any atom is -0.491 e. The maximum absolute atomic E-state index is 10.6. The molecule has 8 heteroatoms. The van der Waals surface area contributed by atoms with Crippen LogP contribution in [0.5, 0.6) is 5.75 Å². The van der Waals surface area contributed by atoms with Crippen molar-refractivity contribution in [1.29, 1.82) is 0 Å². The fourth-order valence-corrected chi connectivity index (χ4v) is 2.43. The minimum absolute atomic E-state index is 0.00290. The van der Waals surface area contributed by atoms with Crippen LogP contribution >= 0.6 is 23.2 Å². The summed E-state index contributed by atoms with van der Waals surface area (Å²) in [4.78, 5) is 10.1. The van der Waals surface area contributed by atoms with Crippen molar-refractivity contribution in [2.24, 2.45) is 0 Å². The zero-order valence-corrected chi connectivity index (χ0v) is 14.8.